The van der Waals surface area contributed by atoms with Crippen LogP contribution in [0.25, 0.3) is 0 Å². The van der Waals surface area contributed by atoms with Crippen molar-refractivity contribution < 1.29 is 14.3 Å². The standard InChI is InChI=1S/C13H19FN2O2/c1-4-15-12(18)8-16(3)13-10(9(2)17)6-5-7-11(13)14/h5-7,9,17H,4,8H2,1-3H3,(H,15,18). The fourth-order valence-electron chi connectivity index (χ4n) is 1.82. The van der Waals surface area contributed by atoms with Gasteiger partial charge >= 0.3 is 0 Å². The first-order valence-corrected chi connectivity index (χ1v) is 5.91. The van der Waals surface area contributed by atoms with Gasteiger partial charge in [0.1, 0.15) is 5.82 Å². The summed E-state index contributed by atoms with van der Waals surface area (Å²) in [5.74, 6) is -0.625. The monoisotopic (exact) mass is 254 g/mol. The number of benzene rings is 1. The second-order valence-electron chi connectivity index (χ2n) is 4.16. The Morgan fingerprint density at radius 2 is 2.22 bits per heavy atom. The van der Waals surface area contributed by atoms with Crippen LogP contribution in [0.2, 0.25) is 0 Å². The lowest BCUT2D eigenvalue weighted by Gasteiger charge is -2.23. The molecule has 1 atom stereocenters. The van der Waals surface area contributed by atoms with Gasteiger partial charge in [-0.05, 0) is 19.9 Å². The van der Waals surface area contributed by atoms with E-state index in [1.807, 2.05) is 6.92 Å². The van der Waals surface area contributed by atoms with Gasteiger partial charge in [0.2, 0.25) is 5.91 Å². The molecule has 1 unspecified atom stereocenters. The van der Waals surface area contributed by atoms with Crippen molar-refractivity contribution in [2.75, 3.05) is 25.0 Å². The Kier molecular flexibility index (Phi) is 5.09. The predicted molar refractivity (Wildman–Crippen MR) is 69.0 cm³/mol. The molecule has 1 amide bonds. The minimum absolute atomic E-state index is 0.0501. The van der Waals surface area contributed by atoms with E-state index in [1.54, 1.807) is 26.1 Å². The number of amides is 1. The number of likely N-dealkylation sites (N-methyl/N-ethyl adjacent to an activating group) is 2. The van der Waals surface area contributed by atoms with Crippen molar-refractivity contribution in [3.8, 4) is 0 Å². The molecule has 100 valence electrons. The van der Waals surface area contributed by atoms with Crippen molar-refractivity contribution >= 4 is 11.6 Å². The summed E-state index contributed by atoms with van der Waals surface area (Å²) in [6, 6.07) is 4.51. The Bertz CT molecular complexity index is 421. The van der Waals surface area contributed by atoms with Crippen molar-refractivity contribution in [3.05, 3.63) is 29.6 Å². The van der Waals surface area contributed by atoms with Crippen LogP contribution in [0.15, 0.2) is 18.2 Å². The van der Waals surface area contributed by atoms with Crippen LogP contribution in [0, 0.1) is 5.82 Å². The predicted octanol–water partition coefficient (Wildman–Crippen LogP) is 1.45. The maximum Gasteiger partial charge on any atom is 0.239 e. The number of hydrogen-bond donors (Lipinski definition) is 2. The van der Waals surface area contributed by atoms with E-state index in [4.69, 9.17) is 0 Å². The van der Waals surface area contributed by atoms with Crippen LogP contribution in [-0.2, 0) is 4.79 Å². The molecule has 0 heterocycles. The Morgan fingerprint density at radius 1 is 1.56 bits per heavy atom. The van der Waals surface area contributed by atoms with E-state index >= 15 is 0 Å². The summed E-state index contributed by atoms with van der Waals surface area (Å²) < 4.78 is 13.8. The van der Waals surface area contributed by atoms with Gasteiger partial charge in [-0.15, -0.1) is 0 Å². The van der Waals surface area contributed by atoms with Gasteiger partial charge in [-0.3, -0.25) is 4.79 Å². The van der Waals surface area contributed by atoms with Crippen LogP contribution >= 0.6 is 0 Å². The molecule has 0 spiro atoms. The highest BCUT2D eigenvalue weighted by Gasteiger charge is 2.17. The van der Waals surface area contributed by atoms with E-state index in [1.165, 1.54) is 11.0 Å². The lowest BCUT2D eigenvalue weighted by molar-refractivity contribution is -0.119. The second-order valence-corrected chi connectivity index (χ2v) is 4.16. The minimum atomic E-state index is -0.785. The summed E-state index contributed by atoms with van der Waals surface area (Å²) in [6.07, 6.45) is -0.785. The Balaban J connectivity index is 2.97. The third-order valence-corrected chi connectivity index (χ3v) is 2.60. The summed E-state index contributed by atoms with van der Waals surface area (Å²) in [6.45, 7) is 3.97. The summed E-state index contributed by atoms with van der Waals surface area (Å²) in [5, 5.41) is 12.3. The van der Waals surface area contributed by atoms with Crippen molar-refractivity contribution in [2.45, 2.75) is 20.0 Å². The van der Waals surface area contributed by atoms with Crippen LogP contribution in [0.4, 0.5) is 10.1 Å². The first-order valence-electron chi connectivity index (χ1n) is 5.91. The van der Waals surface area contributed by atoms with Crippen molar-refractivity contribution in [1.29, 1.82) is 0 Å². The van der Waals surface area contributed by atoms with Gasteiger partial charge < -0.3 is 15.3 Å². The number of carbonyl (C=O) groups excluding carboxylic acids is 1. The number of hydrogen-bond acceptors (Lipinski definition) is 3. The maximum absolute atomic E-state index is 13.8. The maximum atomic E-state index is 13.8. The van der Waals surface area contributed by atoms with Crippen LogP contribution in [0.5, 0.6) is 0 Å². The molecule has 4 nitrogen and oxygen atoms in total. The highest BCUT2D eigenvalue weighted by atomic mass is 19.1. The Morgan fingerprint density at radius 3 is 2.78 bits per heavy atom. The van der Waals surface area contributed by atoms with E-state index in [9.17, 15) is 14.3 Å². The number of carbonyl (C=O) groups is 1. The van der Waals surface area contributed by atoms with Gasteiger partial charge in [0, 0.05) is 19.2 Å². The number of nitrogens with zero attached hydrogens (tertiary/aromatic N) is 1. The third kappa shape index (κ3) is 3.43. The van der Waals surface area contributed by atoms with E-state index < -0.39 is 11.9 Å². The third-order valence-electron chi connectivity index (χ3n) is 2.60. The molecule has 0 aliphatic carbocycles. The normalized spacial score (nSPS) is 12.1. The van der Waals surface area contributed by atoms with Crippen LogP contribution in [-0.4, -0.2) is 31.2 Å². The zero-order chi connectivity index (χ0) is 13.7. The molecule has 0 aliphatic rings. The molecule has 2 N–H and O–H groups in total. The van der Waals surface area contributed by atoms with Crippen LogP contribution in [0.3, 0.4) is 0 Å². The molecular formula is C13H19FN2O2. The molecular weight excluding hydrogens is 235 g/mol. The van der Waals surface area contributed by atoms with Crippen LogP contribution in [0.1, 0.15) is 25.5 Å². The molecule has 1 aromatic carbocycles. The largest absolute Gasteiger partial charge is 0.389 e. The summed E-state index contributed by atoms with van der Waals surface area (Å²) >= 11 is 0. The number of aliphatic hydroxyl groups excluding tert-OH is 1. The zero-order valence-electron chi connectivity index (χ0n) is 10.9. The first kappa shape index (κ1) is 14.4. The molecule has 0 fully saturated rings. The van der Waals surface area contributed by atoms with Crippen molar-refractivity contribution in [3.63, 3.8) is 0 Å². The summed E-state index contributed by atoms with van der Waals surface area (Å²) in [7, 11) is 1.62. The van der Waals surface area contributed by atoms with Gasteiger partial charge in [0.25, 0.3) is 0 Å². The first-order chi connectivity index (χ1) is 8.47. The van der Waals surface area contributed by atoms with E-state index in [0.29, 0.717) is 12.1 Å². The molecule has 0 saturated carbocycles. The quantitative estimate of drug-likeness (QED) is 0.836. The highest BCUT2D eigenvalue weighted by Crippen LogP contribution is 2.28. The lowest BCUT2D eigenvalue weighted by Crippen LogP contribution is -2.35. The van der Waals surface area contributed by atoms with Crippen molar-refractivity contribution in [1.82, 2.24) is 5.32 Å². The summed E-state index contributed by atoms with van der Waals surface area (Å²) in [5.41, 5.74) is 0.737. The average molecular weight is 254 g/mol. The molecule has 18 heavy (non-hydrogen) atoms. The van der Waals surface area contributed by atoms with Crippen LogP contribution < -0.4 is 10.2 Å². The SMILES string of the molecule is CCNC(=O)CN(C)c1c(F)cccc1C(C)O. The molecule has 0 radical (unpaired) electrons. The molecule has 5 heteroatoms. The van der Waals surface area contributed by atoms with Gasteiger partial charge in [0.05, 0.1) is 18.3 Å². The molecule has 0 aliphatic heterocycles. The van der Waals surface area contributed by atoms with Gasteiger partial charge in [-0.1, -0.05) is 12.1 Å². The van der Waals surface area contributed by atoms with Gasteiger partial charge in [-0.25, -0.2) is 4.39 Å². The average Bonchev–Trinajstić information content (AvgIpc) is 2.28. The summed E-state index contributed by atoms with van der Waals surface area (Å²) in [4.78, 5) is 13.0. The molecule has 0 bridgehead atoms. The fourth-order valence-corrected chi connectivity index (χ4v) is 1.82. The van der Waals surface area contributed by atoms with Gasteiger partial charge in [0.15, 0.2) is 0 Å². The highest BCUT2D eigenvalue weighted by molar-refractivity contribution is 5.81. The number of para-hydroxylation sites is 1. The smallest absolute Gasteiger partial charge is 0.239 e. The Hall–Kier alpha value is -1.62. The van der Waals surface area contributed by atoms with E-state index in [2.05, 4.69) is 5.32 Å². The number of aliphatic hydroxyl groups is 1. The second kappa shape index (κ2) is 6.35. The molecule has 0 aromatic heterocycles. The topological polar surface area (TPSA) is 52.6 Å². The van der Waals surface area contributed by atoms with Crippen molar-refractivity contribution in [2.24, 2.45) is 0 Å². The Labute approximate surface area is 106 Å². The number of halogens is 1. The lowest BCUT2D eigenvalue weighted by atomic mass is 10.1. The molecule has 0 saturated heterocycles. The molecule has 1 aromatic rings. The van der Waals surface area contributed by atoms with Gasteiger partial charge in [-0.2, -0.15) is 0 Å². The number of anilines is 1. The number of nitrogens with one attached hydrogen (secondary N) is 1. The van der Waals surface area contributed by atoms with E-state index in [-0.39, 0.29) is 18.1 Å². The van der Waals surface area contributed by atoms with E-state index in [0.717, 1.165) is 0 Å². The fraction of sp³-hybridized carbons (Fsp3) is 0.462. The number of rotatable bonds is 5. The molecule has 1 rings (SSSR count). The zero-order valence-corrected chi connectivity index (χ0v) is 10.9. The minimum Gasteiger partial charge on any atom is -0.389 e.